The number of carboxylic acids is 1. The minimum atomic E-state index is -0.784. The summed E-state index contributed by atoms with van der Waals surface area (Å²) in [5, 5.41) is 14.1. The van der Waals surface area contributed by atoms with E-state index in [1.54, 1.807) is 11.3 Å². The van der Waals surface area contributed by atoms with Crippen LogP contribution in [0.5, 0.6) is 0 Å². The highest BCUT2D eigenvalue weighted by Crippen LogP contribution is 2.24. The maximum atomic E-state index is 11.9. The summed E-state index contributed by atoms with van der Waals surface area (Å²) in [5.74, 6) is -1.21. The molecule has 4 nitrogen and oxygen atoms in total. The van der Waals surface area contributed by atoms with Crippen molar-refractivity contribution in [1.82, 2.24) is 5.32 Å². The van der Waals surface area contributed by atoms with E-state index in [0.717, 1.165) is 32.1 Å². The van der Waals surface area contributed by atoms with Crippen LogP contribution in [-0.4, -0.2) is 23.0 Å². The fourth-order valence-electron chi connectivity index (χ4n) is 2.76. The predicted molar refractivity (Wildman–Crippen MR) is 78.8 cm³/mol. The van der Waals surface area contributed by atoms with Crippen LogP contribution in [0.2, 0.25) is 0 Å². The molecule has 0 spiro atoms. The van der Waals surface area contributed by atoms with Crippen LogP contribution in [0.1, 0.15) is 43.4 Å². The van der Waals surface area contributed by atoms with Gasteiger partial charge in [-0.2, -0.15) is 0 Å². The smallest absolute Gasteiger partial charge is 0.308 e. The van der Waals surface area contributed by atoms with E-state index in [2.05, 4.69) is 11.4 Å². The second-order valence-electron chi connectivity index (χ2n) is 5.34. The van der Waals surface area contributed by atoms with Crippen LogP contribution < -0.4 is 5.32 Å². The second kappa shape index (κ2) is 7.43. The number of aliphatic carboxylic acids is 1. The van der Waals surface area contributed by atoms with Gasteiger partial charge >= 0.3 is 5.97 Å². The third-order valence-electron chi connectivity index (χ3n) is 3.84. The first-order valence-corrected chi connectivity index (χ1v) is 8.09. The van der Waals surface area contributed by atoms with Gasteiger partial charge in [-0.1, -0.05) is 18.9 Å². The normalized spacial score (nSPS) is 22.4. The molecule has 1 fully saturated rings. The zero-order valence-corrected chi connectivity index (χ0v) is 12.3. The van der Waals surface area contributed by atoms with E-state index in [4.69, 9.17) is 0 Å². The highest BCUT2D eigenvalue weighted by atomic mass is 32.1. The van der Waals surface area contributed by atoms with Crippen LogP contribution in [-0.2, 0) is 16.0 Å². The molecule has 5 heteroatoms. The third kappa shape index (κ3) is 4.34. The van der Waals surface area contributed by atoms with Gasteiger partial charge in [0.05, 0.1) is 5.92 Å². The number of carbonyl (C=O) groups excluding carboxylic acids is 1. The Hall–Kier alpha value is -1.36. The Labute approximate surface area is 123 Å². The summed E-state index contributed by atoms with van der Waals surface area (Å²) < 4.78 is 0. The van der Waals surface area contributed by atoms with E-state index in [0.29, 0.717) is 12.8 Å². The molecule has 1 aromatic heterocycles. The summed E-state index contributed by atoms with van der Waals surface area (Å²) in [4.78, 5) is 24.4. The lowest BCUT2D eigenvalue weighted by Gasteiger charge is -2.29. The highest BCUT2D eigenvalue weighted by Gasteiger charge is 2.31. The number of hydrogen-bond acceptors (Lipinski definition) is 3. The van der Waals surface area contributed by atoms with Gasteiger partial charge in [-0.3, -0.25) is 9.59 Å². The lowest BCUT2D eigenvalue weighted by Crippen LogP contribution is -2.45. The second-order valence-corrected chi connectivity index (χ2v) is 6.37. The first kappa shape index (κ1) is 15.0. The Morgan fingerprint density at radius 2 is 2.15 bits per heavy atom. The Balaban J connectivity index is 1.73. The van der Waals surface area contributed by atoms with Gasteiger partial charge in [-0.15, -0.1) is 11.3 Å². The molecule has 0 radical (unpaired) electrons. The van der Waals surface area contributed by atoms with Gasteiger partial charge < -0.3 is 10.4 Å². The lowest BCUT2D eigenvalue weighted by atomic mass is 9.84. The Morgan fingerprint density at radius 3 is 2.85 bits per heavy atom. The van der Waals surface area contributed by atoms with Gasteiger partial charge in [0.15, 0.2) is 0 Å². The Kier molecular flexibility index (Phi) is 5.59. The summed E-state index contributed by atoms with van der Waals surface area (Å²) in [5.41, 5.74) is 0. The molecule has 0 saturated heterocycles. The molecule has 2 atom stereocenters. The third-order valence-corrected chi connectivity index (χ3v) is 4.77. The molecule has 2 N–H and O–H groups in total. The molecule has 110 valence electrons. The standard InChI is InChI=1S/C15H21NO3S/c17-14(9-3-5-11-6-4-10-20-11)16-13-8-2-1-7-12(13)15(18)19/h4,6,10,12-13H,1-3,5,7-9H2,(H,16,17)(H,18,19). The van der Waals surface area contributed by atoms with Crippen molar-refractivity contribution in [2.45, 2.75) is 51.0 Å². The van der Waals surface area contributed by atoms with Crippen LogP contribution in [0.3, 0.4) is 0 Å². The van der Waals surface area contributed by atoms with E-state index >= 15 is 0 Å². The number of hydrogen-bond donors (Lipinski definition) is 2. The maximum Gasteiger partial charge on any atom is 0.308 e. The molecule has 1 amide bonds. The van der Waals surface area contributed by atoms with Crippen molar-refractivity contribution >= 4 is 23.2 Å². The van der Waals surface area contributed by atoms with Crippen molar-refractivity contribution in [3.8, 4) is 0 Å². The van der Waals surface area contributed by atoms with Crippen molar-refractivity contribution in [2.75, 3.05) is 0 Å². The van der Waals surface area contributed by atoms with Crippen LogP contribution in [0.25, 0.3) is 0 Å². The number of aryl methyl sites for hydroxylation is 1. The number of rotatable bonds is 6. The van der Waals surface area contributed by atoms with Gasteiger partial charge in [-0.25, -0.2) is 0 Å². The number of carboxylic acid groups (broad SMARTS) is 1. The summed E-state index contributed by atoms with van der Waals surface area (Å²) in [6.07, 6.45) is 5.62. The molecule has 2 unspecified atom stereocenters. The number of amides is 1. The molecular weight excluding hydrogens is 274 g/mol. The minimum absolute atomic E-state index is 0.0142. The molecule has 0 bridgehead atoms. The molecule has 1 aliphatic rings. The van der Waals surface area contributed by atoms with E-state index in [1.165, 1.54) is 4.88 Å². The van der Waals surface area contributed by atoms with Gasteiger partial charge in [0, 0.05) is 17.3 Å². The summed E-state index contributed by atoms with van der Waals surface area (Å²) >= 11 is 1.71. The van der Waals surface area contributed by atoms with Crippen molar-refractivity contribution in [3.05, 3.63) is 22.4 Å². The van der Waals surface area contributed by atoms with Gasteiger partial charge in [0.1, 0.15) is 0 Å². The molecule has 0 aliphatic heterocycles. The summed E-state index contributed by atoms with van der Waals surface area (Å²) in [7, 11) is 0. The highest BCUT2D eigenvalue weighted by molar-refractivity contribution is 7.09. The first-order valence-electron chi connectivity index (χ1n) is 7.21. The van der Waals surface area contributed by atoms with Crippen molar-refractivity contribution in [2.24, 2.45) is 5.92 Å². The average Bonchev–Trinajstić information content (AvgIpc) is 2.92. The molecule has 1 aliphatic carbocycles. The fraction of sp³-hybridized carbons (Fsp3) is 0.600. The summed E-state index contributed by atoms with van der Waals surface area (Å²) in [6.45, 7) is 0. The number of carbonyl (C=O) groups is 2. The van der Waals surface area contributed by atoms with Crippen molar-refractivity contribution in [1.29, 1.82) is 0 Å². The van der Waals surface area contributed by atoms with Crippen molar-refractivity contribution < 1.29 is 14.7 Å². The number of thiophene rings is 1. The van der Waals surface area contributed by atoms with E-state index in [1.807, 2.05) is 11.4 Å². The van der Waals surface area contributed by atoms with Gasteiger partial charge in [0.25, 0.3) is 0 Å². The van der Waals surface area contributed by atoms with E-state index in [-0.39, 0.29) is 11.9 Å². The Bertz CT molecular complexity index is 444. The van der Waals surface area contributed by atoms with E-state index in [9.17, 15) is 14.7 Å². The molecule has 1 heterocycles. The van der Waals surface area contributed by atoms with Gasteiger partial charge in [-0.05, 0) is 37.1 Å². The quantitative estimate of drug-likeness (QED) is 0.848. The van der Waals surface area contributed by atoms with Crippen LogP contribution in [0.4, 0.5) is 0 Å². The van der Waals surface area contributed by atoms with Gasteiger partial charge in [0.2, 0.25) is 5.91 Å². The summed E-state index contributed by atoms with van der Waals surface area (Å²) in [6, 6.07) is 3.90. The SMILES string of the molecule is O=C(CCCc1cccs1)NC1CCCCC1C(=O)O. The molecule has 2 rings (SSSR count). The van der Waals surface area contributed by atoms with Crippen LogP contribution in [0.15, 0.2) is 17.5 Å². The molecule has 1 saturated carbocycles. The minimum Gasteiger partial charge on any atom is -0.481 e. The first-order chi connectivity index (χ1) is 9.66. The Morgan fingerprint density at radius 1 is 1.35 bits per heavy atom. The maximum absolute atomic E-state index is 11.9. The van der Waals surface area contributed by atoms with Crippen LogP contribution >= 0.6 is 11.3 Å². The zero-order chi connectivity index (χ0) is 14.4. The molecule has 0 aromatic carbocycles. The monoisotopic (exact) mass is 295 g/mol. The van der Waals surface area contributed by atoms with Crippen molar-refractivity contribution in [3.63, 3.8) is 0 Å². The molecular formula is C15H21NO3S. The largest absolute Gasteiger partial charge is 0.481 e. The molecule has 1 aromatic rings. The van der Waals surface area contributed by atoms with Crippen LogP contribution in [0, 0.1) is 5.92 Å². The number of nitrogens with one attached hydrogen (secondary N) is 1. The lowest BCUT2D eigenvalue weighted by molar-refractivity contribution is -0.144. The topological polar surface area (TPSA) is 66.4 Å². The predicted octanol–water partition coefficient (Wildman–Crippen LogP) is 2.83. The average molecular weight is 295 g/mol. The fourth-order valence-corrected chi connectivity index (χ4v) is 3.51. The van der Waals surface area contributed by atoms with E-state index < -0.39 is 11.9 Å². The molecule has 20 heavy (non-hydrogen) atoms. The zero-order valence-electron chi connectivity index (χ0n) is 11.5.